The first kappa shape index (κ1) is 21.1. The predicted octanol–water partition coefficient (Wildman–Crippen LogP) is 3.71. The Morgan fingerprint density at radius 2 is 1.71 bits per heavy atom. The first-order chi connectivity index (χ1) is 13.6. The normalized spacial score (nSPS) is 12.5. The van der Waals surface area contributed by atoms with E-state index >= 15 is 0 Å². The maximum Gasteiger partial charge on any atom is 0.193 e. The van der Waals surface area contributed by atoms with E-state index in [2.05, 4.69) is 11.2 Å². The summed E-state index contributed by atoms with van der Waals surface area (Å²) in [5, 5.41) is 12.6. The van der Waals surface area contributed by atoms with Gasteiger partial charge in [-0.05, 0) is 54.4 Å². The molecule has 0 aliphatic rings. The van der Waals surface area contributed by atoms with Gasteiger partial charge in [-0.2, -0.15) is 10.2 Å². The third kappa shape index (κ3) is 4.93. The van der Waals surface area contributed by atoms with Gasteiger partial charge in [-0.3, -0.25) is 4.79 Å². The third-order valence-corrected chi connectivity index (χ3v) is 4.50. The van der Waals surface area contributed by atoms with Crippen molar-refractivity contribution in [2.45, 2.75) is 18.4 Å². The molecule has 0 fully saturated rings. The Morgan fingerprint density at radius 1 is 1.07 bits per heavy atom. The zero-order valence-electron chi connectivity index (χ0n) is 16.0. The minimum absolute atomic E-state index is 0.0690. The monoisotopic (exact) mass is 382 g/mol. The number of nitriles is 1. The topological polar surface area (TPSA) is 98.0 Å². The van der Waals surface area contributed by atoms with Crippen LogP contribution in [0.4, 0.5) is 0 Å². The maximum absolute atomic E-state index is 13.1. The van der Waals surface area contributed by atoms with Crippen LogP contribution in [0.15, 0.2) is 47.6 Å². The van der Waals surface area contributed by atoms with Gasteiger partial charge >= 0.3 is 0 Å². The Morgan fingerprint density at radius 3 is 2.25 bits per heavy atom. The van der Waals surface area contributed by atoms with Crippen LogP contribution in [0.2, 0.25) is 0 Å². The van der Waals surface area contributed by atoms with Crippen LogP contribution in [0.25, 0.3) is 0 Å². The van der Waals surface area contributed by atoms with Crippen molar-refractivity contribution in [1.82, 2.24) is 0 Å². The van der Waals surface area contributed by atoms with Gasteiger partial charge in [0.05, 0.1) is 32.3 Å². The highest BCUT2D eigenvalue weighted by Gasteiger charge is 2.24. The second kappa shape index (κ2) is 10.2. The quantitative estimate of drug-likeness (QED) is 0.459. The minimum atomic E-state index is -0.668. The molecule has 2 aromatic carbocycles. The summed E-state index contributed by atoms with van der Waals surface area (Å²) in [6.07, 6.45) is -0.285. The molecule has 28 heavy (non-hydrogen) atoms. The molecule has 0 saturated heterocycles. The van der Waals surface area contributed by atoms with Crippen molar-refractivity contribution in [3.63, 3.8) is 0 Å². The molecule has 2 atom stereocenters. The lowest BCUT2D eigenvalue weighted by atomic mass is 9.87. The van der Waals surface area contributed by atoms with Crippen LogP contribution in [0.5, 0.6) is 11.5 Å². The number of nitroso groups, excluding NO2 is 1. The number of hydrogen-bond donors (Lipinski definition) is 0. The molecule has 0 aliphatic heterocycles. The number of benzene rings is 2. The van der Waals surface area contributed by atoms with Crippen molar-refractivity contribution in [3.8, 4) is 17.6 Å². The van der Waals surface area contributed by atoms with Crippen molar-refractivity contribution in [1.29, 1.82) is 5.26 Å². The molecule has 0 aromatic heterocycles. The molecule has 0 radical (unpaired) electrons. The zero-order chi connectivity index (χ0) is 20.5. The highest BCUT2D eigenvalue weighted by atomic mass is 16.5. The molecule has 0 bridgehead atoms. The molecule has 2 rings (SSSR count). The summed E-state index contributed by atoms with van der Waals surface area (Å²) < 4.78 is 15.6. The van der Waals surface area contributed by atoms with E-state index in [0.717, 1.165) is 0 Å². The number of ketones is 1. The molecule has 146 valence electrons. The fourth-order valence-electron chi connectivity index (χ4n) is 2.90. The average molecular weight is 382 g/mol. The van der Waals surface area contributed by atoms with Crippen LogP contribution in [0.1, 0.15) is 33.8 Å². The fourth-order valence-corrected chi connectivity index (χ4v) is 2.90. The number of rotatable bonds is 10. The molecule has 0 spiro atoms. The van der Waals surface area contributed by atoms with Crippen LogP contribution < -0.4 is 9.47 Å². The van der Waals surface area contributed by atoms with Crippen LogP contribution in [0, 0.1) is 16.2 Å². The van der Waals surface area contributed by atoms with Gasteiger partial charge in [-0.1, -0.05) is 5.18 Å². The highest BCUT2D eigenvalue weighted by Crippen LogP contribution is 2.30. The van der Waals surface area contributed by atoms with Crippen molar-refractivity contribution in [2.75, 3.05) is 27.9 Å². The number of carbonyl (C=O) groups is 1. The number of methoxy groups -OCH3 is 3. The predicted molar refractivity (Wildman–Crippen MR) is 104 cm³/mol. The van der Waals surface area contributed by atoms with Crippen molar-refractivity contribution < 1.29 is 19.0 Å². The number of hydrogen-bond acceptors (Lipinski definition) is 7. The molecular formula is C21H22N2O5. The van der Waals surface area contributed by atoms with Crippen LogP contribution in [0.3, 0.4) is 0 Å². The van der Waals surface area contributed by atoms with E-state index in [1.54, 1.807) is 49.6 Å². The highest BCUT2D eigenvalue weighted by molar-refractivity contribution is 6.10. The fraction of sp³-hybridized carbons (Fsp3) is 0.333. The van der Waals surface area contributed by atoms with Gasteiger partial charge in [-0.15, -0.1) is 0 Å². The molecule has 7 heteroatoms. The standard InChI is InChI=1S/C21H22N2O5/c1-26-16-6-4-14(5-7-16)21(24)19-9-8-17(27-2)11-20(19)15(12-22)10-18(28-3)13-23-25/h4-9,11,15,18H,10,13H2,1-3H3. The molecule has 7 nitrogen and oxygen atoms in total. The maximum atomic E-state index is 13.1. The number of carbonyl (C=O) groups excluding carboxylic acids is 1. The van der Waals surface area contributed by atoms with Gasteiger partial charge in [0.1, 0.15) is 18.0 Å². The molecule has 0 heterocycles. The van der Waals surface area contributed by atoms with Crippen molar-refractivity contribution in [3.05, 3.63) is 64.1 Å². The van der Waals surface area contributed by atoms with E-state index in [1.165, 1.54) is 14.2 Å². The summed E-state index contributed by atoms with van der Waals surface area (Å²) in [4.78, 5) is 23.7. The summed E-state index contributed by atoms with van der Waals surface area (Å²) in [5.74, 6) is 0.289. The molecule has 0 amide bonds. The number of ether oxygens (including phenoxy) is 3. The van der Waals surface area contributed by atoms with Gasteiger partial charge in [0.2, 0.25) is 0 Å². The molecule has 0 aliphatic carbocycles. The lowest BCUT2D eigenvalue weighted by molar-refractivity contribution is 0.0987. The van der Waals surface area contributed by atoms with Crippen molar-refractivity contribution in [2.24, 2.45) is 5.18 Å². The van der Waals surface area contributed by atoms with E-state index in [-0.39, 0.29) is 18.7 Å². The van der Waals surface area contributed by atoms with E-state index in [4.69, 9.17) is 14.2 Å². The Bertz CT molecular complexity index is 858. The Labute approximate surface area is 163 Å². The first-order valence-electron chi connectivity index (χ1n) is 8.66. The van der Waals surface area contributed by atoms with Crippen molar-refractivity contribution >= 4 is 5.78 Å². The molecule has 0 N–H and O–H groups in total. The second-order valence-electron chi connectivity index (χ2n) is 6.10. The van der Waals surface area contributed by atoms with Gasteiger partial charge in [-0.25, -0.2) is 0 Å². The Balaban J connectivity index is 2.45. The van der Waals surface area contributed by atoms with Crippen LogP contribution >= 0.6 is 0 Å². The number of nitrogens with zero attached hydrogens (tertiary/aromatic N) is 2. The van der Waals surface area contributed by atoms with E-state index in [9.17, 15) is 15.0 Å². The summed E-state index contributed by atoms with van der Waals surface area (Å²) in [5.41, 5.74) is 1.39. The van der Waals surface area contributed by atoms with Gasteiger partial charge < -0.3 is 14.2 Å². The van der Waals surface area contributed by atoms with E-state index in [1.807, 2.05) is 0 Å². The molecule has 2 unspecified atom stereocenters. The molecule has 2 aromatic rings. The largest absolute Gasteiger partial charge is 0.497 e. The Hall–Kier alpha value is -3.24. The second-order valence-corrected chi connectivity index (χ2v) is 6.10. The SMILES string of the molecule is COc1ccc(C(=O)c2ccc(OC)cc2C(C#N)CC(CN=O)OC)cc1. The lowest BCUT2D eigenvalue weighted by Gasteiger charge is -2.19. The summed E-state index contributed by atoms with van der Waals surface area (Å²) in [6, 6.07) is 13.9. The Kier molecular flexibility index (Phi) is 7.66. The molecular weight excluding hydrogens is 360 g/mol. The van der Waals surface area contributed by atoms with Gasteiger partial charge in [0.25, 0.3) is 0 Å². The summed E-state index contributed by atoms with van der Waals surface area (Å²) >= 11 is 0. The van der Waals surface area contributed by atoms with Gasteiger partial charge in [0, 0.05) is 18.2 Å². The van der Waals surface area contributed by atoms with E-state index < -0.39 is 12.0 Å². The minimum Gasteiger partial charge on any atom is -0.497 e. The zero-order valence-corrected chi connectivity index (χ0v) is 16.0. The van der Waals surface area contributed by atoms with Crippen LogP contribution in [-0.4, -0.2) is 39.8 Å². The lowest BCUT2D eigenvalue weighted by Crippen LogP contribution is -2.19. The van der Waals surface area contributed by atoms with Gasteiger partial charge in [0.15, 0.2) is 5.78 Å². The third-order valence-electron chi connectivity index (χ3n) is 4.50. The molecule has 0 saturated carbocycles. The van der Waals surface area contributed by atoms with Crippen LogP contribution in [-0.2, 0) is 4.74 Å². The summed E-state index contributed by atoms with van der Waals surface area (Å²) in [6.45, 7) is -0.0690. The first-order valence-corrected chi connectivity index (χ1v) is 8.66. The average Bonchev–Trinajstić information content (AvgIpc) is 2.75. The summed E-state index contributed by atoms with van der Waals surface area (Å²) in [7, 11) is 4.52. The van der Waals surface area contributed by atoms with E-state index in [0.29, 0.717) is 28.2 Å². The smallest absolute Gasteiger partial charge is 0.193 e.